The van der Waals surface area contributed by atoms with E-state index in [4.69, 9.17) is 11.5 Å². The molecule has 34 heavy (non-hydrogen) atoms. The molecule has 0 spiro atoms. The Labute approximate surface area is 194 Å². The number of Topliss-reactive ketones (excluding diaryl/α,β-unsaturated/α-hetero) is 1. The van der Waals surface area contributed by atoms with Gasteiger partial charge in [0, 0.05) is 30.9 Å². The number of hydrogen-bond acceptors (Lipinski definition) is 6. The number of anilines is 1. The van der Waals surface area contributed by atoms with Crippen LogP contribution in [0.2, 0.25) is 0 Å². The summed E-state index contributed by atoms with van der Waals surface area (Å²) in [7, 11) is 0. The van der Waals surface area contributed by atoms with E-state index in [0.717, 1.165) is 29.8 Å². The number of carbonyl (C=O) groups is 1. The zero-order chi connectivity index (χ0) is 24.6. The van der Waals surface area contributed by atoms with Crippen molar-refractivity contribution in [3.63, 3.8) is 0 Å². The first-order valence-electron chi connectivity index (χ1n) is 11.0. The molecule has 3 aromatic rings. The van der Waals surface area contributed by atoms with E-state index in [0.29, 0.717) is 18.4 Å². The van der Waals surface area contributed by atoms with Crippen molar-refractivity contribution in [3.05, 3.63) is 77.0 Å². The van der Waals surface area contributed by atoms with E-state index in [1.807, 2.05) is 13.0 Å². The number of benzene rings is 1. The number of aliphatic hydroxyl groups is 1. The molecule has 1 aliphatic rings. The fraction of sp³-hybridized carbons (Fsp3) is 0.320. The van der Waals surface area contributed by atoms with Gasteiger partial charge in [0.25, 0.3) is 0 Å². The van der Waals surface area contributed by atoms with Crippen molar-refractivity contribution in [1.82, 2.24) is 9.97 Å². The predicted octanol–water partition coefficient (Wildman–Crippen LogP) is 3.77. The lowest BCUT2D eigenvalue weighted by Crippen LogP contribution is -2.44. The van der Waals surface area contributed by atoms with Gasteiger partial charge in [0.05, 0.1) is 17.4 Å². The Hall–Kier alpha value is -3.30. The molecule has 1 aliphatic carbocycles. The van der Waals surface area contributed by atoms with Crippen LogP contribution in [0.1, 0.15) is 47.3 Å². The van der Waals surface area contributed by atoms with Crippen LogP contribution < -0.4 is 11.5 Å². The molecule has 0 saturated heterocycles. The minimum atomic E-state index is -1.04. The number of halogens is 3. The fourth-order valence-electron chi connectivity index (χ4n) is 4.69. The van der Waals surface area contributed by atoms with Gasteiger partial charge in [-0.2, -0.15) is 0 Å². The van der Waals surface area contributed by atoms with Gasteiger partial charge in [0.1, 0.15) is 23.0 Å². The monoisotopic (exact) mass is 470 g/mol. The maximum Gasteiger partial charge on any atom is 0.187 e. The summed E-state index contributed by atoms with van der Waals surface area (Å²) >= 11 is 0. The van der Waals surface area contributed by atoms with Gasteiger partial charge in [0.2, 0.25) is 0 Å². The van der Waals surface area contributed by atoms with Crippen molar-refractivity contribution in [2.45, 2.75) is 44.2 Å². The van der Waals surface area contributed by atoms with Crippen LogP contribution in [0, 0.1) is 23.4 Å². The summed E-state index contributed by atoms with van der Waals surface area (Å²) in [6, 6.07) is 5.37. The quantitative estimate of drug-likeness (QED) is 0.489. The number of nitrogen functional groups attached to an aromatic ring is 1. The second-order valence-electron chi connectivity index (χ2n) is 8.83. The number of rotatable bonds is 5. The van der Waals surface area contributed by atoms with Gasteiger partial charge in [-0.25, -0.2) is 18.2 Å². The van der Waals surface area contributed by atoms with Gasteiger partial charge in [-0.15, -0.1) is 0 Å². The Morgan fingerprint density at radius 2 is 1.85 bits per heavy atom. The van der Waals surface area contributed by atoms with Crippen LogP contribution in [0.3, 0.4) is 0 Å². The number of pyridine rings is 2. The molecule has 6 nitrogen and oxygen atoms in total. The molecule has 2 aromatic heterocycles. The molecule has 1 aromatic carbocycles. The van der Waals surface area contributed by atoms with Gasteiger partial charge in [-0.1, -0.05) is 13.0 Å². The zero-order valence-electron chi connectivity index (χ0n) is 18.5. The second-order valence-corrected chi connectivity index (χ2v) is 8.83. The molecule has 1 saturated carbocycles. The van der Waals surface area contributed by atoms with E-state index in [9.17, 15) is 23.1 Å². The molecule has 4 rings (SSSR count). The minimum Gasteiger partial charge on any atom is -0.397 e. The molecular weight excluding hydrogens is 445 g/mol. The Morgan fingerprint density at radius 1 is 1.15 bits per heavy atom. The van der Waals surface area contributed by atoms with Gasteiger partial charge in [-0.05, 0) is 54.0 Å². The molecule has 9 heteroatoms. The fourth-order valence-corrected chi connectivity index (χ4v) is 4.69. The van der Waals surface area contributed by atoms with E-state index >= 15 is 0 Å². The lowest BCUT2D eigenvalue weighted by atomic mass is 9.74. The van der Waals surface area contributed by atoms with E-state index < -0.39 is 46.6 Å². The van der Waals surface area contributed by atoms with Crippen molar-refractivity contribution in [1.29, 1.82) is 0 Å². The maximum atomic E-state index is 14.5. The van der Waals surface area contributed by atoms with Crippen LogP contribution in [-0.4, -0.2) is 33.0 Å². The Balaban J connectivity index is 1.67. The zero-order valence-corrected chi connectivity index (χ0v) is 18.5. The molecule has 0 bridgehead atoms. The summed E-state index contributed by atoms with van der Waals surface area (Å²) in [6.07, 6.45) is 3.68. The lowest BCUT2D eigenvalue weighted by molar-refractivity contribution is 0.0519. The first-order chi connectivity index (χ1) is 16.2. The van der Waals surface area contributed by atoms with E-state index in [-0.39, 0.29) is 29.6 Å². The Kier molecular flexibility index (Phi) is 6.67. The molecule has 1 fully saturated rings. The number of hydrogen-bond donors (Lipinski definition) is 3. The highest BCUT2D eigenvalue weighted by Gasteiger charge is 2.34. The van der Waals surface area contributed by atoms with Crippen LogP contribution in [-0.2, 0) is 6.42 Å². The number of aliphatic hydroxyl groups excluding tert-OH is 1. The van der Waals surface area contributed by atoms with Gasteiger partial charge < -0.3 is 16.6 Å². The van der Waals surface area contributed by atoms with Crippen molar-refractivity contribution in [2.24, 2.45) is 11.7 Å². The second kappa shape index (κ2) is 9.52. The molecule has 178 valence electrons. The van der Waals surface area contributed by atoms with E-state index in [1.54, 1.807) is 12.4 Å². The third kappa shape index (κ3) is 4.53. The third-order valence-electron chi connectivity index (χ3n) is 6.44. The lowest BCUT2D eigenvalue weighted by Gasteiger charge is -2.36. The number of nitrogens with zero attached hydrogens (tertiary/aromatic N) is 2. The van der Waals surface area contributed by atoms with Crippen LogP contribution in [0.5, 0.6) is 0 Å². The smallest absolute Gasteiger partial charge is 0.187 e. The molecule has 4 atom stereocenters. The highest BCUT2D eigenvalue weighted by molar-refractivity contribution is 6.00. The van der Waals surface area contributed by atoms with Gasteiger partial charge in [-0.3, -0.25) is 9.78 Å². The molecule has 5 N–H and O–H groups in total. The average molecular weight is 470 g/mol. The summed E-state index contributed by atoms with van der Waals surface area (Å²) in [6.45, 7) is 1.93. The Morgan fingerprint density at radius 3 is 2.53 bits per heavy atom. The SMILES string of the molecule is C[C@H]1C[C@@H](c2ccncc2CC(=O)c2nc(-c3c(F)cccc3F)c(F)cc2N)C[C@@H](N)[C@H]1O. The van der Waals surface area contributed by atoms with Gasteiger partial charge >= 0.3 is 0 Å². The third-order valence-corrected chi connectivity index (χ3v) is 6.44. The predicted molar refractivity (Wildman–Crippen MR) is 121 cm³/mol. The van der Waals surface area contributed by atoms with Crippen LogP contribution >= 0.6 is 0 Å². The highest BCUT2D eigenvalue weighted by Crippen LogP contribution is 2.37. The van der Waals surface area contributed by atoms with E-state index in [2.05, 4.69) is 9.97 Å². The number of carbonyl (C=O) groups excluding carboxylic acids is 1. The normalized spacial score (nSPS) is 22.5. The summed E-state index contributed by atoms with van der Waals surface area (Å²) in [4.78, 5) is 21.2. The number of ketones is 1. The number of nitrogens with two attached hydrogens (primary N) is 2. The van der Waals surface area contributed by atoms with Crippen molar-refractivity contribution < 1.29 is 23.1 Å². The first-order valence-corrected chi connectivity index (χ1v) is 11.0. The molecule has 2 heterocycles. The highest BCUT2D eigenvalue weighted by atomic mass is 19.1. The number of aromatic nitrogens is 2. The molecule has 0 amide bonds. The van der Waals surface area contributed by atoms with Crippen LogP contribution in [0.15, 0.2) is 42.7 Å². The summed E-state index contributed by atoms with van der Waals surface area (Å²) in [5.41, 5.74) is 11.7. The average Bonchev–Trinajstić information content (AvgIpc) is 2.78. The summed E-state index contributed by atoms with van der Waals surface area (Å²) in [5.74, 6) is -3.59. The van der Waals surface area contributed by atoms with Crippen LogP contribution in [0.25, 0.3) is 11.3 Å². The minimum absolute atomic E-state index is 0.0146. The van der Waals surface area contributed by atoms with Gasteiger partial charge in [0.15, 0.2) is 11.6 Å². The van der Waals surface area contributed by atoms with Crippen molar-refractivity contribution >= 4 is 11.5 Å². The molecular formula is C25H25F3N4O2. The van der Waals surface area contributed by atoms with E-state index in [1.165, 1.54) is 0 Å². The first kappa shape index (κ1) is 23.8. The standard InChI is InChI=1S/C25H25F3N4O2/c1-12-7-13(8-20(30)25(12)34)15-5-6-31-11-14(15)9-21(33)24-19(29)10-18(28)23(32-24)22-16(26)3-2-4-17(22)27/h2-6,10-13,20,25,34H,7-9,29-30H2,1H3/t12-,13+,20+,25-/m0/s1. The maximum absolute atomic E-state index is 14.5. The van der Waals surface area contributed by atoms with Crippen molar-refractivity contribution in [3.8, 4) is 11.3 Å². The van der Waals surface area contributed by atoms with Crippen molar-refractivity contribution in [2.75, 3.05) is 5.73 Å². The summed E-state index contributed by atoms with van der Waals surface area (Å²) in [5, 5.41) is 10.2. The summed E-state index contributed by atoms with van der Waals surface area (Å²) < 4.78 is 43.0. The molecule has 0 unspecified atom stereocenters. The topological polar surface area (TPSA) is 115 Å². The molecule has 0 aliphatic heterocycles. The van der Waals surface area contributed by atoms with Crippen LogP contribution in [0.4, 0.5) is 18.9 Å². The molecule has 0 radical (unpaired) electrons. The Bertz CT molecular complexity index is 1200. The largest absolute Gasteiger partial charge is 0.397 e.